The van der Waals surface area contributed by atoms with Crippen molar-refractivity contribution in [2.24, 2.45) is 0 Å². The highest BCUT2D eigenvalue weighted by atomic mass is 32.2. The Morgan fingerprint density at radius 1 is 1.65 bits per heavy atom. The van der Waals surface area contributed by atoms with E-state index in [1.165, 1.54) is 18.4 Å². The Bertz CT molecular complexity index is 368. The van der Waals surface area contributed by atoms with Crippen LogP contribution in [0.2, 0.25) is 0 Å². The molecule has 1 N–H and O–H groups in total. The number of aromatic nitrogens is 1. The van der Waals surface area contributed by atoms with Crippen molar-refractivity contribution in [2.45, 2.75) is 12.5 Å². The molecule has 7 heteroatoms. The van der Waals surface area contributed by atoms with Crippen molar-refractivity contribution in [1.82, 2.24) is 10.3 Å². The number of thioether (sulfide) groups is 1. The standard InChI is InChI=1S/C10H14N2O3S2/c1-15-10(14)7(3-4-16-2)12-9(13)8-5-17-6-11-8/h5-7H,3-4H2,1-2H3,(H,12,13). The van der Waals surface area contributed by atoms with Crippen molar-refractivity contribution in [3.05, 3.63) is 16.6 Å². The van der Waals surface area contributed by atoms with E-state index in [1.54, 1.807) is 22.7 Å². The lowest BCUT2D eigenvalue weighted by Gasteiger charge is -2.15. The van der Waals surface area contributed by atoms with Gasteiger partial charge in [0.1, 0.15) is 11.7 Å². The normalized spacial score (nSPS) is 11.9. The van der Waals surface area contributed by atoms with Crippen molar-refractivity contribution < 1.29 is 14.3 Å². The summed E-state index contributed by atoms with van der Waals surface area (Å²) >= 11 is 2.94. The van der Waals surface area contributed by atoms with E-state index in [9.17, 15) is 9.59 Å². The first-order valence-electron chi connectivity index (χ1n) is 4.95. The van der Waals surface area contributed by atoms with Gasteiger partial charge in [-0.25, -0.2) is 9.78 Å². The molecular weight excluding hydrogens is 260 g/mol. The molecule has 0 saturated carbocycles. The van der Waals surface area contributed by atoms with Crippen molar-refractivity contribution in [3.63, 3.8) is 0 Å². The van der Waals surface area contributed by atoms with E-state index in [-0.39, 0.29) is 5.91 Å². The number of nitrogens with zero attached hydrogens (tertiary/aromatic N) is 1. The fourth-order valence-corrected chi connectivity index (χ4v) is 2.19. The van der Waals surface area contributed by atoms with E-state index in [0.29, 0.717) is 12.1 Å². The smallest absolute Gasteiger partial charge is 0.328 e. The van der Waals surface area contributed by atoms with Crippen LogP contribution in [-0.4, -0.2) is 42.0 Å². The predicted molar refractivity (Wildman–Crippen MR) is 68.4 cm³/mol. The fourth-order valence-electron chi connectivity index (χ4n) is 1.18. The number of rotatable bonds is 6. The second kappa shape index (κ2) is 7.29. The molecule has 1 aromatic rings. The molecule has 0 bridgehead atoms. The monoisotopic (exact) mass is 274 g/mol. The quantitative estimate of drug-likeness (QED) is 0.789. The minimum Gasteiger partial charge on any atom is -0.467 e. The van der Waals surface area contributed by atoms with Crippen LogP contribution in [0, 0.1) is 0 Å². The Kier molecular flexibility index (Phi) is 5.99. The highest BCUT2D eigenvalue weighted by Crippen LogP contribution is 2.05. The first kappa shape index (κ1) is 14.0. The SMILES string of the molecule is COC(=O)C(CCSC)NC(=O)c1cscn1. The van der Waals surface area contributed by atoms with Gasteiger partial charge in [0.25, 0.3) is 5.91 Å². The molecule has 0 saturated heterocycles. The molecule has 1 rings (SSSR count). The third-order valence-corrected chi connectivity index (χ3v) is 3.30. The van der Waals surface area contributed by atoms with Crippen LogP contribution in [0.4, 0.5) is 0 Å². The molecule has 1 amide bonds. The van der Waals surface area contributed by atoms with Gasteiger partial charge in [0, 0.05) is 5.38 Å². The highest BCUT2D eigenvalue weighted by molar-refractivity contribution is 7.98. The number of hydrogen-bond donors (Lipinski definition) is 1. The molecule has 0 aliphatic heterocycles. The molecule has 0 radical (unpaired) electrons. The van der Waals surface area contributed by atoms with Gasteiger partial charge >= 0.3 is 5.97 Å². The highest BCUT2D eigenvalue weighted by Gasteiger charge is 2.22. The van der Waals surface area contributed by atoms with Gasteiger partial charge in [-0.15, -0.1) is 11.3 Å². The predicted octanol–water partition coefficient (Wildman–Crippen LogP) is 1.17. The number of nitrogens with one attached hydrogen (secondary N) is 1. The molecule has 94 valence electrons. The van der Waals surface area contributed by atoms with Gasteiger partial charge in [0.05, 0.1) is 12.6 Å². The van der Waals surface area contributed by atoms with Gasteiger partial charge in [0.15, 0.2) is 0 Å². The zero-order valence-corrected chi connectivity index (χ0v) is 11.3. The number of thiazole rings is 1. The van der Waals surface area contributed by atoms with Gasteiger partial charge in [-0.05, 0) is 18.4 Å². The van der Waals surface area contributed by atoms with Gasteiger partial charge in [0.2, 0.25) is 0 Å². The molecule has 1 unspecified atom stereocenters. The first-order valence-corrected chi connectivity index (χ1v) is 7.28. The number of esters is 1. The number of amides is 1. The van der Waals surface area contributed by atoms with Crippen molar-refractivity contribution in [2.75, 3.05) is 19.1 Å². The second-order valence-electron chi connectivity index (χ2n) is 3.20. The molecule has 1 atom stereocenters. The Morgan fingerprint density at radius 2 is 2.41 bits per heavy atom. The van der Waals surface area contributed by atoms with Gasteiger partial charge < -0.3 is 10.1 Å². The van der Waals surface area contributed by atoms with E-state index in [2.05, 4.69) is 15.0 Å². The van der Waals surface area contributed by atoms with Crippen LogP contribution in [-0.2, 0) is 9.53 Å². The minimum absolute atomic E-state index is 0.327. The average Bonchev–Trinajstić information content (AvgIpc) is 2.87. The van der Waals surface area contributed by atoms with Crippen LogP contribution in [0.3, 0.4) is 0 Å². The zero-order valence-electron chi connectivity index (χ0n) is 9.63. The summed E-state index contributed by atoms with van der Waals surface area (Å²) in [6.45, 7) is 0. The molecule has 0 aliphatic rings. The van der Waals surface area contributed by atoms with E-state index in [1.807, 2.05) is 6.26 Å². The lowest BCUT2D eigenvalue weighted by atomic mass is 10.2. The molecular formula is C10H14N2O3S2. The Morgan fingerprint density at radius 3 is 2.94 bits per heavy atom. The number of hydrogen-bond acceptors (Lipinski definition) is 6. The van der Waals surface area contributed by atoms with E-state index in [4.69, 9.17) is 0 Å². The Hall–Kier alpha value is -1.08. The van der Waals surface area contributed by atoms with Gasteiger partial charge in [-0.1, -0.05) is 0 Å². The van der Waals surface area contributed by atoms with Crippen molar-refractivity contribution in [1.29, 1.82) is 0 Å². The molecule has 0 spiro atoms. The summed E-state index contributed by atoms with van der Waals surface area (Å²) in [5.74, 6) is 0.00212. The lowest BCUT2D eigenvalue weighted by Crippen LogP contribution is -2.42. The molecule has 0 aromatic carbocycles. The number of carbonyl (C=O) groups is 2. The van der Waals surface area contributed by atoms with E-state index in [0.717, 1.165) is 5.75 Å². The fraction of sp³-hybridized carbons (Fsp3) is 0.500. The van der Waals surface area contributed by atoms with Crippen molar-refractivity contribution in [3.8, 4) is 0 Å². The summed E-state index contributed by atoms with van der Waals surface area (Å²) < 4.78 is 4.65. The largest absolute Gasteiger partial charge is 0.467 e. The average molecular weight is 274 g/mol. The van der Waals surface area contributed by atoms with Crippen LogP contribution in [0.1, 0.15) is 16.9 Å². The first-order chi connectivity index (χ1) is 8.19. The van der Waals surface area contributed by atoms with Crippen LogP contribution >= 0.6 is 23.1 Å². The summed E-state index contributed by atoms with van der Waals surface area (Å²) in [5, 5.41) is 4.26. The van der Waals surface area contributed by atoms with E-state index >= 15 is 0 Å². The third kappa shape index (κ3) is 4.35. The van der Waals surface area contributed by atoms with Crippen LogP contribution < -0.4 is 5.32 Å². The summed E-state index contributed by atoms with van der Waals surface area (Å²) in [5.41, 5.74) is 1.90. The van der Waals surface area contributed by atoms with Crippen LogP contribution in [0.15, 0.2) is 10.9 Å². The summed E-state index contributed by atoms with van der Waals surface area (Å²) in [6.07, 6.45) is 2.49. The molecule has 1 heterocycles. The maximum atomic E-state index is 11.7. The molecule has 1 aromatic heterocycles. The van der Waals surface area contributed by atoms with Crippen LogP contribution in [0.5, 0.6) is 0 Å². The summed E-state index contributed by atoms with van der Waals surface area (Å²) in [4.78, 5) is 27.1. The van der Waals surface area contributed by atoms with E-state index < -0.39 is 12.0 Å². The maximum absolute atomic E-state index is 11.7. The minimum atomic E-state index is -0.610. The Balaban J connectivity index is 2.59. The summed E-state index contributed by atoms with van der Waals surface area (Å²) in [6, 6.07) is -0.610. The second-order valence-corrected chi connectivity index (χ2v) is 4.91. The number of methoxy groups -OCH3 is 1. The van der Waals surface area contributed by atoms with Gasteiger partial charge in [-0.3, -0.25) is 4.79 Å². The zero-order chi connectivity index (χ0) is 12.7. The molecule has 0 fully saturated rings. The lowest BCUT2D eigenvalue weighted by molar-refractivity contribution is -0.142. The maximum Gasteiger partial charge on any atom is 0.328 e. The topological polar surface area (TPSA) is 68.3 Å². The third-order valence-electron chi connectivity index (χ3n) is 2.07. The van der Waals surface area contributed by atoms with Gasteiger partial charge in [-0.2, -0.15) is 11.8 Å². The van der Waals surface area contributed by atoms with Crippen molar-refractivity contribution >= 4 is 35.0 Å². The molecule has 0 aliphatic carbocycles. The molecule has 5 nitrogen and oxygen atoms in total. The van der Waals surface area contributed by atoms with Crippen LogP contribution in [0.25, 0.3) is 0 Å². The summed E-state index contributed by atoms with van der Waals surface area (Å²) in [7, 11) is 1.31. The number of carbonyl (C=O) groups excluding carboxylic acids is 2. The Labute approximate surface area is 108 Å². The number of ether oxygens (including phenoxy) is 1. The molecule has 17 heavy (non-hydrogen) atoms.